The zero-order valence-corrected chi connectivity index (χ0v) is 13.9. The minimum absolute atomic E-state index is 0.387. The fourth-order valence-corrected chi connectivity index (χ4v) is 4.17. The summed E-state index contributed by atoms with van der Waals surface area (Å²) in [6.07, 6.45) is 1.63. The van der Waals surface area contributed by atoms with E-state index >= 15 is 0 Å². The lowest BCUT2D eigenvalue weighted by molar-refractivity contribution is 0.406. The van der Waals surface area contributed by atoms with Crippen LogP contribution in [0.3, 0.4) is 0 Å². The third kappa shape index (κ3) is 3.52. The lowest BCUT2D eigenvalue weighted by Crippen LogP contribution is -2.33. The van der Waals surface area contributed by atoms with Gasteiger partial charge in [-0.05, 0) is 49.9 Å². The summed E-state index contributed by atoms with van der Waals surface area (Å²) >= 11 is 0. The average molecular weight is 299 g/mol. The molecule has 0 aliphatic carbocycles. The van der Waals surface area contributed by atoms with Crippen molar-refractivity contribution >= 4 is 10.0 Å². The Labute approximate surface area is 122 Å². The highest BCUT2D eigenvalue weighted by molar-refractivity contribution is 7.89. The number of rotatable bonds is 7. The van der Waals surface area contributed by atoms with Crippen molar-refractivity contribution in [2.75, 3.05) is 20.2 Å². The first-order valence-electron chi connectivity index (χ1n) is 7.03. The van der Waals surface area contributed by atoms with E-state index in [1.54, 1.807) is 23.5 Å². The molecule has 0 fully saturated rings. The lowest BCUT2D eigenvalue weighted by Gasteiger charge is -2.22. The molecule has 20 heavy (non-hydrogen) atoms. The summed E-state index contributed by atoms with van der Waals surface area (Å²) in [7, 11) is -1.83. The van der Waals surface area contributed by atoms with Crippen molar-refractivity contribution in [2.24, 2.45) is 0 Å². The highest BCUT2D eigenvalue weighted by Gasteiger charge is 2.25. The summed E-state index contributed by atoms with van der Waals surface area (Å²) in [5.74, 6) is 0.721. The smallest absolute Gasteiger partial charge is 0.243 e. The number of benzene rings is 1. The number of ether oxygens (including phenoxy) is 1. The van der Waals surface area contributed by atoms with Gasteiger partial charge in [-0.2, -0.15) is 4.31 Å². The molecule has 0 aliphatic heterocycles. The van der Waals surface area contributed by atoms with Gasteiger partial charge in [-0.3, -0.25) is 0 Å². The molecule has 0 aromatic heterocycles. The topological polar surface area (TPSA) is 46.6 Å². The van der Waals surface area contributed by atoms with Crippen LogP contribution in [0.1, 0.15) is 37.8 Å². The second-order valence-electron chi connectivity index (χ2n) is 4.99. The van der Waals surface area contributed by atoms with Gasteiger partial charge in [0.1, 0.15) is 5.75 Å². The van der Waals surface area contributed by atoms with Crippen LogP contribution in [0.2, 0.25) is 0 Å². The zero-order chi connectivity index (χ0) is 15.3. The summed E-state index contributed by atoms with van der Waals surface area (Å²) in [5, 5.41) is 0. The molecule has 0 saturated heterocycles. The van der Waals surface area contributed by atoms with Gasteiger partial charge in [0.25, 0.3) is 0 Å². The van der Waals surface area contributed by atoms with Gasteiger partial charge >= 0.3 is 0 Å². The fraction of sp³-hybridized carbons (Fsp3) is 0.600. The normalized spacial score (nSPS) is 11.9. The van der Waals surface area contributed by atoms with Crippen LogP contribution in [-0.4, -0.2) is 32.9 Å². The van der Waals surface area contributed by atoms with Gasteiger partial charge in [0, 0.05) is 13.1 Å². The molecular formula is C15H25NO3S. The van der Waals surface area contributed by atoms with E-state index in [1.807, 2.05) is 27.7 Å². The van der Waals surface area contributed by atoms with Crippen molar-refractivity contribution in [3.63, 3.8) is 0 Å². The molecule has 1 aromatic carbocycles. The average Bonchev–Trinajstić information content (AvgIpc) is 2.40. The van der Waals surface area contributed by atoms with Crippen LogP contribution < -0.4 is 4.74 Å². The highest BCUT2D eigenvalue weighted by atomic mass is 32.2. The summed E-state index contributed by atoms with van der Waals surface area (Å²) in [6.45, 7) is 8.77. The number of methoxy groups -OCH3 is 1. The van der Waals surface area contributed by atoms with Gasteiger partial charge in [0.15, 0.2) is 0 Å². The van der Waals surface area contributed by atoms with E-state index < -0.39 is 10.0 Å². The maximum absolute atomic E-state index is 12.8. The largest absolute Gasteiger partial charge is 0.496 e. The second kappa shape index (κ2) is 7.09. The van der Waals surface area contributed by atoms with E-state index in [-0.39, 0.29) is 0 Å². The summed E-state index contributed by atoms with van der Waals surface area (Å²) in [5.41, 5.74) is 1.56. The number of sulfonamides is 1. The van der Waals surface area contributed by atoms with Crippen LogP contribution in [-0.2, 0) is 10.0 Å². The van der Waals surface area contributed by atoms with Gasteiger partial charge in [-0.1, -0.05) is 13.8 Å². The Balaban J connectivity index is 3.30. The molecule has 0 unspecified atom stereocenters. The van der Waals surface area contributed by atoms with Gasteiger partial charge in [0.05, 0.1) is 12.0 Å². The van der Waals surface area contributed by atoms with Crippen LogP contribution in [0, 0.1) is 13.8 Å². The molecule has 0 spiro atoms. The number of hydrogen-bond donors (Lipinski definition) is 0. The van der Waals surface area contributed by atoms with Crippen LogP contribution in [0.4, 0.5) is 0 Å². The first-order valence-corrected chi connectivity index (χ1v) is 8.47. The Morgan fingerprint density at radius 2 is 1.60 bits per heavy atom. The first kappa shape index (κ1) is 17.0. The van der Waals surface area contributed by atoms with Crippen molar-refractivity contribution in [1.29, 1.82) is 0 Å². The molecule has 0 saturated carbocycles. The zero-order valence-electron chi connectivity index (χ0n) is 13.1. The second-order valence-corrected chi connectivity index (χ2v) is 6.90. The predicted octanol–water partition coefficient (Wildman–Crippen LogP) is 3.12. The van der Waals surface area contributed by atoms with E-state index in [9.17, 15) is 8.42 Å². The summed E-state index contributed by atoms with van der Waals surface area (Å²) < 4.78 is 32.4. The van der Waals surface area contributed by atoms with E-state index in [4.69, 9.17) is 4.74 Å². The number of hydrogen-bond acceptors (Lipinski definition) is 3. The quantitative estimate of drug-likeness (QED) is 0.777. The van der Waals surface area contributed by atoms with Crippen molar-refractivity contribution in [3.05, 3.63) is 23.3 Å². The van der Waals surface area contributed by atoms with Gasteiger partial charge in [-0.15, -0.1) is 0 Å². The van der Waals surface area contributed by atoms with Crippen molar-refractivity contribution in [1.82, 2.24) is 4.31 Å². The highest BCUT2D eigenvalue weighted by Crippen LogP contribution is 2.27. The molecule has 0 heterocycles. The molecule has 5 heteroatoms. The van der Waals surface area contributed by atoms with Crippen LogP contribution in [0.15, 0.2) is 17.0 Å². The van der Waals surface area contributed by atoms with Crippen molar-refractivity contribution < 1.29 is 13.2 Å². The van der Waals surface area contributed by atoms with Crippen molar-refractivity contribution in [3.8, 4) is 5.75 Å². The molecular weight excluding hydrogens is 274 g/mol. The van der Waals surface area contributed by atoms with Crippen molar-refractivity contribution in [2.45, 2.75) is 45.4 Å². The molecule has 0 N–H and O–H groups in total. The van der Waals surface area contributed by atoms with Gasteiger partial charge < -0.3 is 4.74 Å². The fourth-order valence-electron chi connectivity index (χ4n) is 2.25. The minimum atomic E-state index is -3.43. The Morgan fingerprint density at radius 3 is 2.05 bits per heavy atom. The molecule has 0 radical (unpaired) electrons. The van der Waals surface area contributed by atoms with E-state index in [0.29, 0.717) is 18.0 Å². The van der Waals surface area contributed by atoms with E-state index in [0.717, 1.165) is 29.7 Å². The van der Waals surface area contributed by atoms with Crippen LogP contribution in [0.25, 0.3) is 0 Å². The predicted molar refractivity (Wildman–Crippen MR) is 81.8 cm³/mol. The third-order valence-corrected chi connectivity index (χ3v) is 5.30. The Kier molecular flexibility index (Phi) is 6.02. The molecule has 4 nitrogen and oxygen atoms in total. The van der Waals surface area contributed by atoms with Crippen LogP contribution in [0.5, 0.6) is 5.75 Å². The molecule has 0 aliphatic rings. The molecule has 0 atom stereocenters. The number of nitrogens with zero attached hydrogens (tertiary/aromatic N) is 1. The van der Waals surface area contributed by atoms with Crippen LogP contribution >= 0.6 is 0 Å². The van der Waals surface area contributed by atoms with E-state index in [1.165, 1.54) is 0 Å². The first-order chi connectivity index (χ1) is 9.38. The maximum Gasteiger partial charge on any atom is 0.243 e. The standard InChI is InChI=1S/C15H25NO3S/c1-6-8-16(9-7-2)20(17,18)15-11-12(3)14(19-5)10-13(15)4/h10-11H,6-9H2,1-5H3. The Hall–Kier alpha value is -1.07. The monoisotopic (exact) mass is 299 g/mol. The summed E-state index contributed by atoms with van der Waals surface area (Å²) in [6, 6.07) is 3.50. The molecule has 0 bridgehead atoms. The molecule has 1 rings (SSSR count). The minimum Gasteiger partial charge on any atom is -0.496 e. The SMILES string of the molecule is CCCN(CCC)S(=O)(=O)c1cc(C)c(OC)cc1C. The molecule has 114 valence electrons. The number of aryl methyl sites for hydroxylation is 2. The molecule has 0 amide bonds. The molecule has 1 aromatic rings. The maximum atomic E-state index is 12.8. The third-order valence-electron chi connectivity index (χ3n) is 3.26. The summed E-state index contributed by atoms with van der Waals surface area (Å²) in [4.78, 5) is 0.387. The lowest BCUT2D eigenvalue weighted by atomic mass is 10.1. The Morgan fingerprint density at radius 1 is 1.05 bits per heavy atom. The van der Waals surface area contributed by atoms with Gasteiger partial charge in [-0.25, -0.2) is 8.42 Å². The Bertz CT molecular complexity index is 546. The van der Waals surface area contributed by atoms with Gasteiger partial charge in [0.2, 0.25) is 10.0 Å². The van der Waals surface area contributed by atoms with E-state index in [2.05, 4.69) is 0 Å².